The second-order valence-corrected chi connectivity index (χ2v) is 6.67. The first-order valence-corrected chi connectivity index (χ1v) is 8.55. The third-order valence-electron chi connectivity index (χ3n) is 4.85. The van der Waals surface area contributed by atoms with Crippen molar-refractivity contribution in [1.82, 2.24) is 14.7 Å². The monoisotopic (exact) mass is 361 g/mol. The Labute approximate surface area is 148 Å². The molecule has 136 valence electrons. The smallest absolute Gasteiger partial charge is 0.323 e. The van der Waals surface area contributed by atoms with Crippen LogP contribution in [0, 0.1) is 11.6 Å². The maximum absolute atomic E-state index is 14.2. The molecule has 0 spiro atoms. The van der Waals surface area contributed by atoms with E-state index in [0.717, 1.165) is 25.3 Å². The summed E-state index contributed by atoms with van der Waals surface area (Å²) in [5.41, 5.74) is 1.49. The fourth-order valence-corrected chi connectivity index (χ4v) is 3.50. The Balaban J connectivity index is 1.77. The number of aromatic nitrogens is 2. The number of hydrogen-bond donors (Lipinski definition) is 1. The molecule has 0 unspecified atom stereocenters. The van der Waals surface area contributed by atoms with Crippen molar-refractivity contribution in [3.05, 3.63) is 46.8 Å². The van der Waals surface area contributed by atoms with Gasteiger partial charge in [-0.1, -0.05) is 6.07 Å². The molecule has 1 fully saturated rings. The van der Waals surface area contributed by atoms with Crippen LogP contribution in [0.2, 0.25) is 0 Å². The topological polar surface area (TPSA) is 75.4 Å². The lowest BCUT2D eigenvalue weighted by Gasteiger charge is -2.19. The fraction of sp³-hybridized carbons (Fsp3) is 0.389. The molecule has 4 rings (SSSR count). The van der Waals surface area contributed by atoms with Crippen LogP contribution < -0.4 is 0 Å². The minimum Gasteiger partial charge on any atom is -0.480 e. The van der Waals surface area contributed by atoms with Crippen LogP contribution >= 0.6 is 0 Å². The minimum atomic E-state index is -1.09. The highest BCUT2D eigenvalue weighted by Crippen LogP contribution is 2.33. The van der Waals surface area contributed by atoms with Gasteiger partial charge in [-0.15, -0.1) is 0 Å². The van der Waals surface area contributed by atoms with Crippen molar-refractivity contribution in [2.75, 3.05) is 6.54 Å². The first-order valence-electron chi connectivity index (χ1n) is 8.55. The number of nitrogens with zero attached hydrogens (tertiary/aromatic N) is 3. The van der Waals surface area contributed by atoms with Crippen molar-refractivity contribution >= 4 is 11.9 Å². The molecule has 6 nitrogen and oxygen atoms in total. The molecular weight excluding hydrogens is 344 g/mol. The van der Waals surface area contributed by atoms with Crippen LogP contribution in [0.4, 0.5) is 8.78 Å². The molecule has 0 atom stereocenters. The number of halogens is 2. The maximum Gasteiger partial charge on any atom is 0.323 e. The molecule has 1 aromatic heterocycles. The lowest BCUT2D eigenvalue weighted by molar-refractivity contribution is -0.137. The van der Waals surface area contributed by atoms with E-state index in [9.17, 15) is 18.4 Å². The predicted molar refractivity (Wildman–Crippen MR) is 87.2 cm³/mol. The predicted octanol–water partition coefficient (Wildman–Crippen LogP) is 2.33. The minimum absolute atomic E-state index is 0.0431. The van der Waals surface area contributed by atoms with Crippen LogP contribution in [0.3, 0.4) is 0 Å². The zero-order chi connectivity index (χ0) is 18.4. The SMILES string of the molecule is O=C(O)CN(C(=O)c1nn(-c2cccc(F)c2F)c2c1CCC2)C1CC1. The van der Waals surface area contributed by atoms with Crippen LogP contribution in [-0.4, -0.2) is 44.3 Å². The van der Waals surface area contributed by atoms with Gasteiger partial charge < -0.3 is 10.0 Å². The van der Waals surface area contributed by atoms with Gasteiger partial charge in [0.15, 0.2) is 17.3 Å². The van der Waals surface area contributed by atoms with E-state index in [1.807, 2.05) is 0 Å². The second kappa shape index (κ2) is 6.19. The highest BCUT2D eigenvalue weighted by molar-refractivity contribution is 5.96. The van der Waals surface area contributed by atoms with Gasteiger partial charge in [-0.05, 0) is 44.2 Å². The van der Waals surface area contributed by atoms with E-state index in [1.54, 1.807) is 0 Å². The van der Waals surface area contributed by atoms with Crippen molar-refractivity contribution in [1.29, 1.82) is 0 Å². The summed E-state index contributed by atoms with van der Waals surface area (Å²) < 4.78 is 29.1. The zero-order valence-electron chi connectivity index (χ0n) is 13.9. The summed E-state index contributed by atoms with van der Waals surface area (Å²) in [6.07, 6.45) is 3.53. The summed E-state index contributed by atoms with van der Waals surface area (Å²) in [5.74, 6) is -3.54. The van der Waals surface area contributed by atoms with E-state index in [-0.39, 0.29) is 24.0 Å². The maximum atomic E-state index is 14.2. The average Bonchev–Trinajstić information content (AvgIpc) is 3.21. The van der Waals surface area contributed by atoms with E-state index in [1.165, 1.54) is 21.7 Å². The molecule has 1 heterocycles. The summed E-state index contributed by atoms with van der Waals surface area (Å²) >= 11 is 0. The summed E-state index contributed by atoms with van der Waals surface area (Å²) in [7, 11) is 0. The number of rotatable bonds is 5. The van der Waals surface area contributed by atoms with Crippen molar-refractivity contribution < 1.29 is 23.5 Å². The number of carbonyl (C=O) groups excluding carboxylic acids is 1. The summed E-state index contributed by atoms with van der Waals surface area (Å²) in [6.45, 7) is -0.389. The van der Waals surface area contributed by atoms with Gasteiger partial charge in [0.05, 0.1) is 0 Å². The van der Waals surface area contributed by atoms with Gasteiger partial charge in [0.2, 0.25) is 0 Å². The molecule has 2 aliphatic rings. The number of aliphatic carboxylic acids is 1. The molecule has 2 aliphatic carbocycles. The zero-order valence-corrected chi connectivity index (χ0v) is 13.9. The third-order valence-corrected chi connectivity index (χ3v) is 4.85. The van der Waals surface area contributed by atoms with E-state index in [2.05, 4.69) is 5.10 Å². The Morgan fingerprint density at radius 1 is 1.27 bits per heavy atom. The van der Waals surface area contributed by atoms with Gasteiger partial charge in [-0.3, -0.25) is 9.59 Å². The number of amides is 1. The Hall–Kier alpha value is -2.77. The quantitative estimate of drug-likeness (QED) is 0.887. The largest absolute Gasteiger partial charge is 0.480 e. The van der Waals surface area contributed by atoms with Crippen molar-refractivity contribution in [3.8, 4) is 5.69 Å². The molecule has 1 amide bonds. The van der Waals surface area contributed by atoms with Gasteiger partial charge in [0, 0.05) is 17.3 Å². The van der Waals surface area contributed by atoms with E-state index in [0.29, 0.717) is 24.1 Å². The molecule has 0 saturated heterocycles. The third kappa shape index (κ3) is 2.75. The van der Waals surface area contributed by atoms with Crippen LogP contribution in [0.5, 0.6) is 0 Å². The highest BCUT2D eigenvalue weighted by Gasteiger charge is 2.38. The molecular formula is C18H17F2N3O3. The van der Waals surface area contributed by atoms with Crippen LogP contribution in [0.25, 0.3) is 5.69 Å². The first-order chi connectivity index (χ1) is 12.5. The Morgan fingerprint density at radius 3 is 2.73 bits per heavy atom. The number of benzene rings is 1. The molecule has 26 heavy (non-hydrogen) atoms. The van der Waals surface area contributed by atoms with E-state index < -0.39 is 23.5 Å². The number of hydrogen-bond acceptors (Lipinski definition) is 3. The first kappa shape index (κ1) is 16.7. The van der Waals surface area contributed by atoms with E-state index in [4.69, 9.17) is 5.11 Å². The van der Waals surface area contributed by atoms with Crippen molar-refractivity contribution in [2.24, 2.45) is 0 Å². The molecule has 1 N–H and O–H groups in total. The van der Waals surface area contributed by atoms with Gasteiger partial charge in [-0.2, -0.15) is 5.10 Å². The molecule has 1 saturated carbocycles. The van der Waals surface area contributed by atoms with Crippen LogP contribution in [-0.2, 0) is 17.6 Å². The fourth-order valence-electron chi connectivity index (χ4n) is 3.50. The molecule has 2 aromatic rings. The Morgan fingerprint density at radius 2 is 2.04 bits per heavy atom. The number of carboxylic acid groups (broad SMARTS) is 1. The van der Waals surface area contributed by atoms with Crippen molar-refractivity contribution in [2.45, 2.75) is 38.1 Å². The highest BCUT2D eigenvalue weighted by atomic mass is 19.2. The standard InChI is InChI=1S/C18H17F2N3O3/c19-12-4-2-6-14(16(12)20)23-13-5-1-3-11(13)17(21-23)18(26)22(9-15(24)25)10-7-8-10/h2,4,6,10H,1,3,5,7-9H2,(H,24,25). The summed E-state index contributed by atoms with van der Waals surface area (Å²) in [4.78, 5) is 25.4. The summed E-state index contributed by atoms with van der Waals surface area (Å²) in [6, 6.07) is 3.73. The number of carbonyl (C=O) groups is 2. The number of carboxylic acids is 1. The Bertz CT molecular complexity index is 905. The number of fused-ring (bicyclic) bond motifs is 1. The van der Waals surface area contributed by atoms with Gasteiger partial charge >= 0.3 is 5.97 Å². The van der Waals surface area contributed by atoms with Gasteiger partial charge in [-0.25, -0.2) is 13.5 Å². The molecule has 8 heteroatoms. The van der Waals surface area contributed by atoms with E-state index >= 15 is 0 Å². The average molecular weight is 361 g/mol. The van der Waals surface area contributed by atoms with Crippen LogP contribution in [0.15, 0.2) is 18.2 Å². The Kier molecular flexibility index (Phi) is 3.97. The molecule has 0 aliphatic heterocycles. The van der Waals surface area contributed by atoms with Gasteiger partial charge in [0.25, 0.3) is 5.91 Å². The molecule has 0 radical (unpaired) electrons. The lowest BCUT2D eigenvalue weighted by Crippen LogP contribution is -2.38. The summed E-state index contributed by atoms with van der Waals surface area (Å²) in [5, 5.41) is 13.4. The van der Waals surface area contributed by atoms with Crippen molar-refractivity contribution in [3.63, 3.8) is 0 Å². The molecule has 0 bridgehead atoms. The second-order valence-electron chi connectivity index (χ2n) is 6.67. The van der Waals surface area contributed by atoms with Gasteiger partial charge in [0.1, 0.15) is 12.2 Å². The lowest BCUT2D eigenvalue weighted by atomic mass is 10.1. The normalized spacial score (nSPS) is 15.8. The van der Waals surface area contributed by atoms with Crippen LogP contribution in [0.1, 0.15) is 41.0 Å². The molecule has 1 aromatic carbocycles.